The summed E-state index contributed by atoms with van der Waals surface area (Å²) in [5, 5.41) is 0. The smallest absolute Gasteiger partial charge is 0.0882 e. The maximum absolute atomic E-state index is 4.89. The van der Waals surface area contributed by atoms with Crippen molar-refractivity contribution in [2.24, 2.45) is 0 Å². The molecular formula is C5H7S. The lowest BCUT2D eigenvalue weighted by Gasteiger charge is -1.79. The molecule has 0 rings (SSSR count). The number of hydrogen-bond acceptors (Lipinski definition) is 1. The van der Waals surface area contributed by atoms with Crippen molar-refractivity contribution in [3.05, 3.63) is 5.75 Å². The zero-order chi connectivity index (χ0) is 4.83. The molecule has 1 radical (unpaired) electrons. The summed E-state index contributed by atoms with van der Waals surface area (Å²) >= 11 is 1.65. The molecule has 6 heavy (non-hydrogen) atoms. The van der Waals surface area contributed by atoms with E-state index in [0.717, 1.165) is 5.75 Å². The van der Waals surface area contributed by atoms with Gasteiger partial charge >= 0.3 is 0 Å². The average Bonchev–Trinajstić information content (AvgIpc) is 1.61. The number of hydrogen-bond donors (Lipinski definition) is 0. The maximum Gasteiger partial charge on any atom is 0.0882 e. The van der Waals surface area contributed by atoms with Crippen LogP contribution < -0.4 is 0 Å². The molecule has 0 aromatic rings. The van der Waals surface area contributed by atoms with E-state index in [-0.39, 0.29) is 0 Å². The van der Waals surface area contributed by atoms with Crippen molar-refractivity contribution in [2.75, 3.05) is 5.75 Å². The fraction of sp³-hybridized carbons (Fsp3) is 0.400. The molecule has 0 aromatic carbocycles. The van der Waals surface area contributed by atoms with Crippen LogP contribution in [-0.2, 0) is 0 Å². The minimum absolute atomic E-state index is 1.07. The van der Waals surface area contributed by atoms with Gasteiger partial charge in [-0.15, -0.1) is 18.2 Å². The Balaban J connectivity index is 2.54. The molecule has 0 spiro atoms. The summed E-state index contributed by atoms with van der Waals surface area (Å²) in [6.07, 6.45) is 4.89. The third-order valence-electron chi connectivity index (χ3n) is 0.318. The van der Waals surface area contributed by atoms with E-state index >= 15 is 0 Å². The topological polar surface area (TPSA) is 0 Å². The summed E-state index contributed by atoms with van der Waals surface area (Å²) in [5.74, 6) is 5.23. The van der Waals surface area contributed by atoms with Crippen LogP contribution >= 0.6 is 11.8 Å². The predicted molar refractivity (Wildman–Crippen MR) is 31.3 cm³/mol. The molecule has 0 aliphatic carbocycles. The molecule has 0 bridgehead atoms. The molecule has 0 aliphatic heterocycles. The van der Waals surface area contributed by atoms with E-state index in [1.54, 1.807) is 17.5 Å². The van der Waals surface area contributed by atoms with Crippen molar-refractivity contribution in [3.8, 4) is 12.3 Å². The van der Waals surface area contributed by atoms with Crippen LogP contribution in [0.25, 0.3) is 0 Å². The van der Waals surface area contributed by atoms with Gasteiger partial charge < -0.3 is 0 Å². The second-order valence-electron chi connectivity index (χ2n) is 0.740. The van der Waals surface area contributed by atoms with Crippen molar-refractivity contribution in [2.45, 2.75) is 6.92 Å². The Morgan fingerprint density at radius 3 is 2.83 bits per heavy atom. The third kappa shape index (κ3) is 3.91. The molecule has 33 valence electrons. The molecule has 0 fully saturated rings. The van der Waals surface area contributed by atoms with Crippen molar-refractivity contribution < 1.29 is 0 Å². The highest BCUT2D eigenvalue weighted by Gasteiger charge is 1.72. The molecule has 0 aliphatic rings. The van der Waals surface area contributed by atoms with Gasteiger partial charge in [-0.2, -0.15) is 0 Å². The van der Waals surface area contributed by atoms with Crippen LogP contribution in [-0.4, -0.2) is 5.75 Å². The largest absolute Gasteiger partial charge is 0.144 e. The standard InChI is InChI=1S/C5H7S/c1-3-5-6-4-2/h1,5H,4H2,2H3. The molecule has 1 heteroatoms. The SMILES string of the molecule is C#C[CH]SCC. The van der Waals surface area contributed by atoms with E-state index in [9.17, 15) is 0 Å². The minimum atomic E-state index is 1.07. The molecular weight excluding hydrogens is 92.1 g/mol. The lowest BCUT2D eigenvalue weighted by Crippen LogP contribution is -1.60. The minimum Gasteiger partial charge on any atom is -0.144 e. The predicted octanol–water partition coefficient (Wildman–Crippen LogP) is 1.53. The fourth-order valence-electron chi connectivity index (χ4n) is 0.131. The first-order chi connectivity index (χ1) is 2.91. The summed E-state index contributed by atoms with van der Waals surface area (Å²) < 4.78 is 0. The van der Waals surface area contributed by atoms with E-state index in [0.29, 0.717) is 0 Å². The van der Waals surface area contributed by atoms with E-state index in [2.05, 4.69) is 12.8 Å². The molecule has 0 N–H and O–H groups in total. The Labute approximate surface area is 43.3 Å². The van der Waals surface area contributed by atoms with Gasteiger partial charge in [-0.25, -0.2) is 0 Å². The summed E-state index contributed by atoms with van der Waals surface area (Å²) in [4.78, 5) is 0. The number of rotatable bonds is 2. The molecule has 0 unspecified atom stereocenters. The van der Waals surface area contributed by atoms with Gasteiger partial charge in [-0.05, 0) is 5.75 Å². The highest BCUT2D eigenvalue weighted by atomic mass is 32.2. The molecule has 0 nitrogen and oxygen atoms in total. The van der Waals surface area contributed by atoms with Crippen LogP contribution in [0.5, 0.6) is 0 Å². The Morgan fingerprint density at radius 2 is 2.67 bits per heavy atom. The van der Waals surface area contributed by atoms with Gasteiger partial charge in [0.15, 0.2) is 0 Å². The van der Waals surface area contributed by atoms with E-state index in [4.69, 9.17) is 6.42 Å². The van der Waals surface area contributed by atoms with Crippen LogP contribution in [0, 0.1) is 18.1 Å². The van der Waals surface area contributed by atoms with Gasteiger partial charge in [-0.1, -0.05) is 12.8 Å². The lowest BCUT2D eigenvalue weighted by molar-refractivity contribution is 1.53. The molecule has 0 aromatic heterocycles. The average molecular weight is 99.2 g/mol. The van der Waals surface area contributed by atoms with Crippen LogP contribution in [0.4, 0.5) is 0 Å². The van der Waals surface area contributed by atoms with Gasteiger partial charge in [0, 0.05) is 0 Å². The summed E-state index contributed by atoms with van der Waals surface area (Å²) in [7, 11) is 0. The van der Waals surface area contributed by atoms with Crippen molar-refractivity contribution in [3.63, 3.8) is 0 Å². The molecule has 0 saturated carbocycles. The highest BCUT2D eigenvalue weighted by Crippen LogP contribution is 1.99. The van der Waals surface area contributed by atoms with Crippen molar-refractivity contribution >= 4 is 11.8 Å². The number of terminal acetylenes is 1. The van der Waals surface area contributed by atoms with Crippen LogP contribution in [0.1, 0.15) is 6.92 Å². The zero-order valence-corrected chi connectivity index (χ0v) is 4.59. The first kappa shape index (κ1) is 5.91. The number of thioether (sulfide) groups is 1. The van der Waals surface area contributed by atoms with Gasteiger partial charge in [0.1, 0.15) is 0 Å². The van der Waals surface area contributed by atoms with Gasteiger partial charge in [0.25, 0.3) is 0 Å². The van der Waals surface area contributed by atoms with E-state index in [1.165, 1.54) is 0 Å². The Morgan fingerprint density at radius 1 is 2.00 bits per heavy atom. The first-order valence-electron chi connectivity index (χ1n) is 1.81. The fourth-order valence-corrected chi connectivity index (χ4v) is 0.394. The Bertz CT molecular complexity index is 51.4. The summed E-state index contributed by atoms with van der Waals surface area (Å²) in [5.41, 5.74) is 0. The summed E-state index contributed by atoms with van der Waals surface area (Å²) in [6.45, 7) is 2.07. The zero-order valence-electron chi connectivity index (χ0n) is 3.77. The Hall–Kier alpha value is -0.0900. The second kappa shape index (κ2) is 4.91. The third-order valence-corrected chi connectivity index (χ3v) is 0.954. The molecule has 0 amide bonds. The molecule has 0 atom stereocenters. The van der Waals surface area contributed by atoms with Crippen LogP contribution in [0.15, 0.2) is 0 Å². The quantitative estimate of drug-likeness (QED) is 0.374. The Kier molecular flexibility index (Phi) is 4.84. The van der Waals surface area contributed by atoms with Crippen molar-refractivity contribution in [1.29, 1.82) is 0 Å². The maximum atomic E-state index is 4.89. The lowest BCUT2D eigenvalue weighted by atomic mass is 10.8. The highest BCUT2D eigenvalue weighted by molar-refractivity contribution is 8.01. The van der Waals surface area contributed by atoms with Gasteiger partial charge in [-0.3, -0.25) is 0 Å². The monoisotopic (exact) mass is 99.0 g/mol. The summed E-state index contributed by atoms with van der Waals surface area (Å²) in [6, 6.07) is 0. The van der Waals surface area contributed by atoms with Gasteiger partial charge in [0.2, 0.25) is 0 Å². The first-order valence-corrected chi connectivity index (χ1v) is 2.86. The second-order valence-corrected chi connectivity index (χ2v) is 1.89. The van der Waals surface area contributed by atoms with Gasteiger partial charge in [0.05, 0.1) is 5.75 Å². The molecule has 0 saturated heterocycles. The van der Waals surface area contributed by atoms with Crippen molar-refractivity contribution in [1.82, 2.24) is 0 Å². The van der Waals surface area contributed by atoms with Crippen LogP contribution in [0.3, 0.4) is 0 Å². The molecule has 0 heterocycles. The van der Waals surface area contributed by atoms with Crippen LogP contribution in [0.2, 0.25) is 0 Å². The normalized spacial score (nSPS) is 7.33. The van der Waals surface area contributed by atoms with E-state index < -0.39 is 0 Å². The van der Waals surface area contributed by atoms with E-state index in [1.807, 2.05) is 0 Å².